The zero-order valence-electron chi connectivity index (χ0n) is 12.0. The van der Waals surface area contributed by atoms with Crippen molar-refractivity contribution in [3.63, 3.8) is 0 Å². The van der Waals surface area contributed by atoms with Crippen molar-refractivity contribution in [3.05, 3.63) is 63.7 Å². The van der Waals surface area contributed by atoms with E-state index in [1.807, 2.05) is 0 Å². The molecule has 1 aliphatic heterocycles. The summed E-state index contributed by atoms with van der Waals surface area (Å²) < 4.78 is 5.13. The van der Waals surface area contributed by atoms with E-state index in [0.717, 1.165) is 5.56 Å². The van der Waals surface area contributed by atoms with Crippen molar-refractivity contribution in [1.82, 2.24) is 0 Å². The van der Waals surface area contributed by atoms with Gasteiger partial charge in [0.15, 0.2) is 0 Å². The second-order valence-corrected chi connectivity index (χ2v) is 5.01. The highest BCUT2D eigenvalue weighted by Gasteiger charge is 2.27. The minimum absolute atomic E-state index is 0.0101. The molecular formula is C16H14N2O4. The molecule has 2 aromatic rings. The van der Waals surface area contributed by atoms with Crippen LogP contribution in [0.2, 0.25) is 0 Å². The Hall–Kier alpha value is -2.89. The first-order valence-electron chi connectivity index (χ1n) is 6.83. The van der Waals surface area contributed by atoms with Crippen LogP contribution in [-0.4, -0.2) is 24.5 Å². The molecule has 0 N–H and O–H groups in total. The number of fused-ring (bicyclic) bond motifs is 1. The number of amides is 1. The van der Waals surface area contributed by atoms with E-state index < -0.39 is 4.92 Å². The number of non-ortho nitro benzene ring substituents is 1. The van der Waals surface area contributed by atoms with E-state index in [1.165, 1.54) is 19.2 Å². The fraction of sp³-hybridized carbons (Fsp3) is 0.188. The highest BCUT2D eigenvalue weighted by atomic mass is 16.6. The van der Waals surface area contributed by atoms with E-state index in [4.69, 9.17) is 4.74 Å². The third-order valence-corrected chi connectivity index (χ3v) is 3.74. The molecule has 0 aliphatic carbocycles. The molecule has 0 fully saturated rings. The number of ether oxygens (including phenoxy) is 1. The summed E-state index contributed by atoms with van der Waals surface area (Å²) in [6.07, 6.45) is 0.697. The van der Waals surface area contributed by atoms with Crippen molar-refractivity contribution in [3.8, 4) is 5.75 Å². The first-order chi connectivity index (χ1) is 10.6. The monoisotopic (exact) mass is 298 g/mol. The zero-order valence-corrected chi connectivity index (χ0v) is 12.0. The molecule has 1 heterocycles. The van der Waals surface area contributed by atoms with Crippen LogP contribution in [0.15, 0.2) is 42.5 Å². The molecule has 3 rings (SSSR count). The molecule has 1 amide bonds. The normalized spacial score (nSPS) is 12.9. The summed E-state index contributed by atoms with van der Waals surface area (Å²) in [5, 5.41) is 10.9. The third kappa shape index (κ3) is 2.39. The molecule has 6 nitrogen and oxygen atoms in total. The summed E-state index contributed by atoms with van der Waals surface area (Å²) >= 11 is 0. The Labute approximate surface area is 127 Å². The minimum atomic E-state index is -0.452. The van der Waals surface area contributed by atoms with Crippen LogP contribution < -0.4 is 9.64 Å². The SMILES string of the molecule is COc1cccc(C(=O)N2CCc3ccc([N+](=O)[O-])cc32)c1. The van der Waals surface area contributed by atoms with Crippen molar-refractivity contribution in [1.29, 1.82) is 0 Å². The van der Waals surface area contributed by atoms with E-state index in [1.54, 1.807) is 35.2 Å². The summed E-state index contributed by atoms with van der Waals surface area (Å²) in [6, 6.07) is 11.5. The number of carbonyl (C=O) groups is 1. The number of nitro groups is 1. The van der Waals surface area contributed by atoms with Gasteiger partial charge in [0, 0.05) is 24.2 Å². The second kappa shape index (κ2) is 5.48. The van der Waals surface area contributed by atoms with Crippen molar-refractivity contribution in [2.24, 2.45) is 0 Å². The summed E-state index contributed by atoms with van der Waals surface area (Å²) in [6.45, 7) is 0.520. The molecule has 0 saturated heterocycles. The smallest absolute Gasteiger partial charge is 0.271 e. The van der Waals surface area contributed by atoms with E-state index in [-0.39, 0.29) is 11.6 Å². The van der Waals surface area contributed by atoms with Crippen LogP contribution in [0, 0.1) is 10.1 Å². The van der Waals surface area contributed by atoms with Crippen LogP contribution in [-0.2, 0) is 6.42 Å². The molecular weight excluding hydrogens is 284 g/mol. The van der Waals surface area contributed by atoms with Crippen molar-refractivity contribution in [2.45, 2.75) is 6.42 Å². The lowest BCUT2D eigenvalue weighted by Gasteiger charge is -2.17. The molecule has 0 unspecified atom stereocenters. The van der Waals surface area contributed by atoms with Crippen LogP contribution >= 0.6 is 0 Å². The molecule has 0 atom stereocenters. The van der Waals surface area contributed by atoms with Gasteiger partial charge in [0.1, 0.15) is 5.75 Å². The molecule has 0 bridgehead atoms. The molecule has 0 aromatic heterocycles. The topological polar surface area (TPSA) is 72.7 Å². The number of benzene rings is 2. The van der Waals surface area contributed by atoms with E-state index in [9.17, 15) is 14.9 Å². The van der Waals surface area contributed by atoms with Gasteiger partial charge >= 0.3 is 0 Å². The van der Waals surface area contributed by atoms with Gasteiger partial charge in [-0.2, -0.15) is 0 Å². The Balaban J connectivity index is 1.96. The minimum Gasteiger partial charge on any atom is -0.497 e. The predicted octanol–water partition coefficient (Wildman–Crippen LogP) is 2.81. The predicted molar refractivity (Wildman–Crippen MR) is 81.5 cm³/mol. The maximum Gasteiger partial charge on any atom is 0.271 e. The van der Waals surface area contributed by atoms with Crippen LogP contribution in [0.3, 0.4) is 0 Å². The maximum absolute atomic E-state index is 12.7. The lowest BCUT2D eigenvalue weighted by Crippen LogP contribution is -2.28. The lowest BCUT2D eigenvalue weighted by molar-refractivity contribution is -0.384. The Morgan fingerprint density at radius 3 is 2.82 bits per heavy atom. The van der Waals surface area contributed by atoms with E-state index in [0.29, 0.717) is 30.0 Å². The van der Waals surface area contributed by atoms with Gasteiger partial charge in [-0.15, -0.1) is 0 Å². The molecule has 0 saturated carbocycles. The lowest BCUT2D eigenvalue weighted by atomic mass is 10.1. The number of methoxy groups -OCH3 is 1. The average Bonchev–Trinajstić information content (AvgIpc) is 2.97. The summed E-state index contributed by atoms with van der Waals surface area (Å²) in [5.74, 6) is 0.419. The van der Waals surface area contributed by atoms with Gasteiger partial charge in [0.05, 0.1) is 17.7 Å². The fourth-order valence-electron chi connectivity index (χ4n) is 2.60. The number of anilines is 1. The molecule has 0 radical (unpaired) electrons. The molecule has 0 spiro atoms. The zero-order chi connectivity index (χ0) is 15.7. The van der Waals surface area contributed by atoms with E-state index in [2.05, 4.69) is 0 Å². The van der Waals surface area contributed by atoms with Gasteiger partial charge in [0.25, 0.3) is 11.6 Å². The van der Waals surface area contributed by atoms with Crippen LogP contribution in [0.5, 0.6) is 5.75 Å². The Bertz CT molecular complexity index is 758. The quantitative estimate of drug-likeness (QED) is 0.645. The van der Waals surface area contributed by atoms with Gasteiger partial charge in [0.2, 0.25) is 0 Å². The largest absolute Gasteiger partial charge is 0.497 e. The Morgan fingerprint density at radius 2 is 2.09 bits per heavy atom. The van der Waals surface area contributed by atoms with Crippen LogP contribution in [0.4, 0.5) is 11.4 Å². The van der Waals surface area contributed by atoms with Gasteiger partial charge in [-0.05, 0) is 30.2 Å². The Morgan fingerprint density at radius 1 is 1.27 bits per heavy atom. The standard InChI is InChI=1S/C16H14N2O4/c1-22-14-4-2-3-12(9-14)16(19)17-8-7-11-5-6-13(18(20)21)10-15(11)17/h2-6,9-10H,7-8H2,1H3. The number of hydrogen-bond donors (Lipinski definition) is 0. The van der Waals surface area contributed by atoms with Crippen LogP contribution in [0.25, 0.3) is 0 Å². The summed E-state index contributed by atoms with van der Waals surface area (Å²) in [4.78, 5) is 24.7. The first kappa shape index (κ1) is 14.1. The summed E-state index contributed by atoms with van der Waals surface area (Å²) in [7, 11) is 1.54. The number of rotatable bonds is 3. The van der Waals surface area contributed by atoms with E-state index >= 15 is 0 Å². The van der Waals surface area contributed by atoms with Gasteiger partial charge in [-0.1, -0.05) is 12.1 Å². The van der Waals surface area contributed by atoms with Gasteiger partial charge < -0.3 is 9.64 Å². The van der Waals surface area contributed by atoms with Crippen molar-refractivity contribution in [2.75, 3.05) is 18.6 Å². The van der Waals surface area contributed by atoms with Crippen molar-refractivity contribution >= 4 is 17.3 Å². The number of nitrogens with zero attached hydrogens (tertiary/aromatic N) is 2. The first-order valence-corrected chi connectivity index (χ1v) is 6.83. The third-order valence-electron chi connectivity index (χ3n) is 3.74. The summed E-state index contributed by atoms with van der Waals surface area (Å²) in [5.41, 5.74) is 2.05. The molecule has 6 heteroatoms. The number of carbonyl (C=O) groups excluding carboxylic acids is 1. The molecule has 1 aliphatic rings. The maximum atomic E-state index is 12.7. The molecule has 112 valence electrons. The van der Waals surface area contributed by atoms with Crippen LogP contribution in [0.1, 0.15) is 15.9 Å². The fourth-order valence-corrected chi connectivity index (χ4v) is 2.60. The highest BCUT2D eigenvalue weighted by molar-refractivity contribution is 6.07. The highest BCUT2D eigenvalue weighted by Crippen LogP contribution is 2.33. The van der Waals surface area contributed by atoms with Crippen molar-refractivity contribution < 1.29 is 14.5 Å². The van der Waals surface area contributed by atoms with Gasteiger partial charge in [-0.25, -0.2) is 0 Å². The molecule has 2 aromatic carbocycles. The average molecular weight is 298 g/mol. The Kier molecular flexibility index (Phi) is 3.50. The van der Waals surface area contributed by atoms with Gasteiger partial charge in [-0.3, -0.25) is 14.9 Å². The second-order valence-electron chi connectivity index (χ2n) is 5.01. The molecule has 22 heavy (non-hydrogen) atoms. The number of nitro benzene ring substituents is 1. The number of hydrogen-bond acceptors (Lipinski definition) is 4.